The van der Waals surface area contributed by atoms with Crippen molar-refractivity contribution in [1.82, 2.24) is 10.8 Å². The lowest BCUT2D eigenvalue weighted by molar-refractivity contribution is -0.275. The van der Waals surface area contributed by atoms with Crippen molar-refractivity contribution in [3.8, 4) is 0 Å². The Morgan fingerprint density at radius 2 is 1.84 bits per heavy atom. The Bertz CT molecular complexity index is 1090. The van der Waals surface area contributed by atoms with Crippen LogP contribution in [0, 0.1) is 0 Å². The minimum atomic E-state index is -4.78. The van der Waals surface area contributed by atoms with Gasteiger partial charge >= 0.3 is 6.18 Å². The number of nitrogens with zero attached hydrogens (tertiary/aromatic N) is 1. The quantitative estimate of drug-likeness (QED) is 0.609. The fraction of sp³-hybridized carbons (Fsp3) is 0.250. The van der Waals surface area contributed by atoms with Crippen LogP contribution in [0.1, 0.15) is 23.1 Å². The largest absolute Gasteiger partial charge is 0.435 e. The Labute approximate surface area is 195 Å². The summed E-state index contributed by atoms with van der Waals surface area (Å²) in [5.74, 6) is -0.342. The maximum Gasteiger partial charge on any atom is 0.435 e. The van der Waals surface area contributed by atoms with Gasteiger partial charge in [-0.1, -0.05) is 64.8 Å². The van der Waals surface area contributed by atoms with Crippen molar-refractivity contribution in [2.24, 2.45) is 5.16 Å². The molecule has 168 valence electrons. The Balaban J connectivity index is 1.55. The van der Waals surface area contributed by atoms with Crippen LogP contribution in [0.2, 0.25) is 10.0 Å². The van der Waals surface area contributed by atoms with Crippen LogP contribution in [0.3, 0.4) is 0 Å². The number of rotatable bonds is 4. The number of halogens is 5. The maximum atomic E-state index is 14.1. The number of nitrogens with one attached hydrogen (secondary N) is 2. The molecule has 2 aliphatic heterocycles. The van der Waals surface area contributed by atoms with Gasteiger partial charge in [0.1, 0.15) is 17.6 Å². The van der Waals surface area contributed by atoms with Crippen molar-refractivity contribution in [3.63, 3.8) is 0 Å². The summed E-state index contributed by atoms with van der Waals surface area (Å²) in [6.45, 7) is 0.123. The van der Waals surface area contributed by atoms with Gasteiger partial charge in [0.25, 0.3) is 11.5 Å². The Morgan fingerprint density at radius 3 is 2.41 bits per heavy atom. The standard InChI is InChI=1S/C20H14Cl2F3N3O3S/c21-13-5-12(6-14(22)7-13)19(20(23,24)25)8-15(27-31-19)10-1-3-11(4-2-10)18(32)26-16-9-30-28-17(16)29/h1-7,16H,8-9H2,(H,26,32)(H,28,29)/t16-,19?/m1/s1. The second-order valence-electron chi connectivity index (χ2n) is 7.17. The molecule has 32 heavy (non-hydrogen) atoms. The van der Waals surface area contributed by atoms with Crippen molar-refractivity contribution < 1.29 is 27.6 Å². The number of hydrogen-bond donors (Lipinski definition) is 2. The van der Waals surface area contributed by atoms with E-state index in [4.69, 9.17) is 45.1 Å². The summed E-state index contributed by atoms with van der Waals surface area (Å²) >= 11 is 17.1. The van der Waals surface area contributed by atoms with E-state index >= 15 is 0 Å². The summed E-state index contributed by atoms with van der Waals surface area (Å²) in [5, 5.41) is 6.70. The predicted octanol–water partition coefficient (Wildman–Crippen LogP) is 4.27. The van der Waals surface area contributed by atoms with Gasteiger partial charge in [-0.15, -0.1) is 0 Å². The highest BCUT2D eigenvalue weighted by Crippen LogP contribution is 2.49. The molecule has 4 rings (SSSR count). The molecule has 0 aliphatic carbocycles. The second-order valence-corrected chi connectivity index (χ2v) is 8.45. The number of hydroxylamine groups is 1. The van der Waals surface area contributed by atoms with E-state index in [9.17, 15) is 18.0 Å². The third kappa shape index (κ3) is 4.27. The second kappa shape index (κ2) is 8.51. The predicted molar refractivity (Wildman–Crippen MR) is 116 cm³/mol. The van der Waals surface area contributed by atoms with Crippen molar-refractivity contribution in [2.45, 2.75) is 24.2 Å². The third-order valence-electron chi connectivity index (χ3n) is 5.04. The van der Waals surface area contributed by atoms with Crippen molar-refractivity contribution in [2.75, 3.05) is 6.61 Å². The Morgan fingerprint density at radius 1 is 1.19 bits per heavy atom. The molecule has 1 fully saturated rings. The fourth-order valence-electron chi connectivity index (χ4n) is 3.35. The molecule has 1 amide bonds. The van der Waals surface area contributed by atoms with E-state index in [2.05, 4.69) is 16.0 Å². The molecule has 6 nitrogen and oxygen atoms in total. The smallest absolute Gasteiger partial charge is 0.374 e. The number of benzene rings is 2. The fourth-order valence-corrected chi connectivity index (χ4v) is 4.16. The van der Waals surface area contributed by atoms with E-state index in [1.165, 1.54) is 6.07 Å². The molecular weight excluding hydrogens is 490 g/mol. The molecule has 1 unspecified atom stereocenters. The van der Waals surface area contributed by atoms with E-state index in [0.29, 0.717) is 16.1 Å². The van der Waals surface area contributed by atoms with Crippen molar-refractivity contribution in [3.05, 3.63) is 69.2 Å². The zero-order valence-electron chi connectivity index (χ0n) is 16.0. The van der Waals surface area contributed by atoms with Gasteiger partial charge in [0, 0.05) is 27.6 Å². The number of hydrogen-bond acceptors (Lipinski definition) is 5. The number of thiocarbonyl (C=S) groups is 1. The minimum absolute atomic E-state index is 0.0554. The van der Waals surface area contributed by atoms with Gasteiger partial charge in [-0.25, -0.2) is 5.48 Å². The topological polar surface area (TPSA) is 72.0 Å². The lowest BCUT2D eigenvalue weighted by Crippen LogP contribution is -2.42. The molecule has 2 aliphatic rings. The van der Waals surface area contributed by atoms with Crippen molar-refractivity contribution in [1.29, 1.82) is 0 Å². The number of amides is 1. The molecular formula is C20H14Cl2F3N3O3S. The molecule has 12 heteroatoms. The van der Waals surface area contributed by atoms with E-state index in [1.807, 2.05) is 0 Å². The van der Waals surface area contributed by atoms with Crippen LogP contribution in [-0.4, -0.2) is 35.4 Å². The van der Waals surface area contributed by atoms with E-state index in [1.54, 1.807) is 24.3 Å². The minimum Gasteiger partial charge on any atom is -0.374 e. The number of oxime groups is 1. The molecule has 0 saturated carbocycles. The Kier molecular flexibility index (Phi) is 6.06. The molecule has 2 heterocycles. The first-order chi connectivity index (χ1) is 15.1. The van der Waals surface area contributed by atoms with Gasteiger partial charge < -0.3 is 10.2 Å². The molecule has 2 atom stereocenters. The van der Waals surface area contributed by atoms with Crippen LogP contribution in [0.4, 0.5) is 13.2 Å². The summed E-state index contributed by atoms with van der Waals surface area (Å²) in [5.41, 5.74) is 0.380. The highest BCUT2D eigenvalue weighted by atomic mass is 35.5. The van der Waals surface area contributed by atoms with Crippen LogP contribution in [0.15, 0.2) is 47.6 Å². The lowest BCUT2D eigenvalue weighted by atomic mass is 9.86. The van der Waals surface area contributed by atoms with Gasteiger partial charge in [0.15, 0.2) is 0 Å². The molecule has 0 aromatic heterocycles. The van der Waals surface area contributed by atoms with Gasteiger partial charge in [-0.2, -0.15) is 13.2 Å². The van der Waals surface area contributed by atoms with E-state index in [0.717, 1.165) is 12.1 Å². The molecule has 0 bridgehead atoms. The lowest BCUT2D eigenvalue weighted by Gasteiger charge is -2.29. The highest BCUT2D eigenvalue weighted by molar-refractivity contribution is 7.80. The zero-order chi connectivity index (χ0) is 23.1. The monoisotopic (exact) mass is 503 g/mol. The van der Waals surface area contributed by atoms with Gasteiger partial charge in [0.05, 0.1) is 5.71 Å². The molecule has 0 radical (unpaired) electrons. The van der Waals surface area contributed by atoms with Crippen LogP contribution < -0.4 is 10.8 Å². The number of carbonyl (C=O) groups excluding carboxylic acids is 1. The first-order valence-corrected chi connectivity index (χ1v) is 10.4. The van der Waals surface area contributed by atoms with Gasteiger partial charge in [0.2, 0.25) is 0 Å². The number of carbonyl (C=O) groups is 1. The first kappa shape index (κ1) is 22.8. The summed E-state index contributed by atoms with van der Waals surface area (Å²) in [6.07, 6.45) is -5.34. The highest BCUT2D eigenvalue weighted by Gasteiger charge is 2.62. The molecule has 1 saturated heterocycles. The molecule has 2 N–H and O–H groups in total. The average molecular weight is 504 g/mol. The van der Waals surface area contributed by atoms with Crippen LogP contribution in [0.25, 0.3) is 0 Å². The zero-order valence-corrected chi connectivity index (χ0v) is 18.3. The maximum absolute atomic E-state index is 14.1. The summed E-state index contributed by atoms with van der Waals surface area (Å²) < 4.78 is 42.3. The Hall–Kier alpha value is -2.40. The van der Waals surface area contributed by atoms with E-state index in [-0.39, 0.29) is 33.8 Å². The van der Waals surface area contributed by atoms with Gasteiger partial charge in [-0.05, 0) is 23.8 Å². The van der Waals surface area contributed by atoms with E-state index < -0.39 is 24.2 Å². The third-order valence-corrected chi connectivity index (χ3v) is 5.83. The van der Waals surface area contributed by atoms with Crippen LogP contribution in [0.5, 0.6) is 0 Å². The summed E-state index contributed by atoms with van der Waals surface area (Å²) in [4.78, 5) is 21.7. The van der Waals surface area contributed by atoms with Crippen LogP contribution >= 0.6 is 35.4 Å². The van der Waals surface area contributed by atoms with Crippen LogP contribution in [-0.2, 0) is 20.1 Å². The number of alkyl halides is 3. The molecule has 2 aromatic carbocycles. The average Bonchev–Trinajstić information content (AvgIpc) is 3.35. The molecule has 0 spiro atoms. The SMILES string of the molecule is O=C1NOC[C@H]1NC(=S)c1ccc(C2=NOC(c3cc(Cl)cc(Cl)c3)(C(F)(F)F)C2)cc1. The summed E-state index contributed by atoms with van der Waals surface area (Å²) in [6, 6.07) is 9.43. The normalized spacial score (nSPS) is 22.8. The summed E-state index contributed by atoms with van der Waals surface area (Å²) in [7, 11) is 0. The first-order valence-electron chi connectivity index (χ1n) is 9.20. The van der Waals surface area contributed by atoms with Gasteiger partial charge in [-0.3, -0.25) is 9.63 Å². The molecule has 2 aromatic rings. The van der Waals surface area contributed by atoms with Crippen molar-refractivity contribution >= 4 is 52.0 Å².